The van der Waals surface area contributed by atoms with Gasteiger partial charge in [-0.25, -0.2) is 0 Å². The maximum absolute atomic E-state index is 10.7. The molecule has 2 nitrogen and oxygen atoms in total. The van der Waals surface area contributed by atoms with Crippen LogP contribution in [0.15, 0.2) is 30.3 Å². The Morgan fingerprint density at radius 1 is 1.27 bits per heavy atom. The molecule has 2 heteroatoms. The lowest BCUT2D eigenvalue weighted by Gasteiger charge is -2.13. The average molecular weight is 206 g/mol. The van der Waals surface area contributed by atoms with E-state index in [1.54, 1.807) is 0 Å². The SMILES string of the molecule is CC(C)C[C@@H](C=O)OCc1ccccc1. The molecule has 1 aromatic carbocycles. The molecule has 0 spiro atoms. The van der Waals surface area contributed by atoms with Crippen LogP contribution in [0.4, 0.5) is 0 Å². The van der Waals surface area contributed by atoms with E-state index in [0.717, 1.165) is 18.3 Å². The van der Waals surface area contributed by atoms with Gasteiger partial charge >= 0.3 is 0 Å². The predicted octanol–water partition coefficient (Wildman–Crippen LogP) is 2.82. The molecule has 0 aliphatic rings. The predicted molar refractivity (Wildman–Crippen MR) is 60.5 cm³/mol. The van der Waals surface area contributed by atoms with Gasteiger partial charge in [-0.15, -0.1) is 0 Å². The summed E-state index contributed by atoms with van der Waals surface area (Å²) in [6.45, 7) is 4.68. The second-order valence-corrected chi connectivity index (χ2v) is 4.10. The Hall–Kier alpha value is -1.15. The lowest BCUT2D eigenvalue weighted by atomic mass is 10.1. The van der Waals surface area contributed by atoms with Gasteiger partial charge in [-0.05, 0) is 17.9 Å². The first-order valence-corrected chi connectivity index (χ1v) is 5.33. The molecule has 1 rings (SSSR count). The molecule has 1 atom stereocenters. The van der Waals surface area contributed by atoms with Crippen molar-refractivity contribution in [2.24, 2.45) is 5.92 Å². The Bertz CT molecular complexity index is 280. The summed E-state index contributed by atoms with van der Waals surface area (Å²) in [4.78, 5) is 10.7. The molecular formula is C13H18O2. The number of ether oxygens (including phenoxy) is 1. The summed E-state index contributed by atoms with van der Waals surface area (Å²) in [5, 5.41) is 0. The highest BCUT2D eigenvalue weighted by atomic mass is 16.5. The fraction of sp³-hybridized carbons (Fsp3) is 0.462. The van der Waals surface area contributed by atoms with Gasteiger partial charge in [0.2, 0.25) is 0 Å². The van der Waals surface area contributed by atoms with Crippen LogP contribution in [-0.2, 0) is 16.1 Å². The van der Waals surface area contributed by atoms with Crippen molar-refractivity contribution < 1.29 is 9.53 Å². The Morgan fingerprint density at radius 3 is 2.47 bits per heavy atom. The van der Waals surface area contributed by atoms with Crippen molar-refractivity contribution in [2.75, 3.05) is 0 Å². The molecule has 0 N–H and O–H groups in total. The molecular weight excluding hydrogens is 188 g/mol. The Morgan fingerprint density at radius 2 is 1.93 bits per heavy atom. The van der Waals surface area contributed by atoms with Crippen molar-refractivity contribution in [1.29, 1.82) is 0 Å². The van der Waals surface area contributed by atoms with Gasteiger partial charge in [0, 0.05) is 0 Å². The monoisotopic (exact) mass is 206 g/mol. The van der Waals surface area contributed by atoms with Gasteiger partial charge in [0.1, 0.15) is 12.4 Å². The standard InChI is InChI=1S/C13H18O2/c1-11(2)8-13(9-14)15-10-12-6-4-3-5-7-12/h3-7,9,11,13H,8,10H2,1-2H3/t13-/m0/s1. The van der Waals surface area contributed by atoms with Gasteiger partial charge in [0.15, 0.2) is 0 Å². The highest BCUT2D eigenvalue weighted by Gasteiger charge is 2.09. The summed E-state index contributed by atoms with van der Waals surface area (Å²) in [6, 6.07) is 9.90. The number of rotatable bonds is 6. The number of carbonyl (C=O) groups excluding carboxylic acids is 1. The molecule has 0 unspecified atom stereocenters. The topological polar surface area (TPSA) is 26.3 Å². The molecule has 0 radical (unpaired) electrons. The summed E-state index contributed by atoms with van der Waals surface area (Å²) in [7, 11) is 0. The summed E-state index contributed by atoms with van der Waals surface area (Å²) < 4.78 is 5.52. The number of carbonyl (C=O) groups is 1. The van der Waals surface area contributed by atoms with E-state index in [1.807, 2.05) is 30.3 Å². The molecule has 0 saturated carbocycles. The van der Waals surface area contributed by atoms with Crippen LogP contribution in [0.25, 0.3) is 0 Å². The fourth-order valence-electron chi connectivity index (χ4n) is 1.40. The highest BCUT2D eigenvalue weighted by molar-refractivity contribution is 5.55. The number of hydrogen-bond donors (Lipinski definition) is 0. The average Bonchev–Trinajstić information content (AvgIpc) is 2.25. The summed E-state index contributed by atoms with van der Waals surface area (Å²) >= 11 is 0. The van der Waals surface area contributed by atoms with Gasteiger partial charge in [0.25, 0.3) is 0 Å². The van der Waals surface area contributed by atoms with Crippen LogP contribution in [0, 0.1) is 5.92 Å². The number of hydrogen-bond acceptors (Lipinski definition) is 2. The quantitative estimate of drug-likeness (QED) is 0.669. The molecule has 0 amide bonds. The molecule has 0 aromatic heterocycles. The van der Waals surface area contributed by atoms with Crippen LogP contribution < -0.4 is 0 Å². The van der Waals surface area contributed by atoms with Crippen LogP contribution in [0.5, 0.6) is 0 Å². The smallest absolute Gasteiger partial charge is 0.148 e. The van der Waals surface area contributed by atoms with Crippen molar-refractivity contribution in [3.63, 3.8) is 0 Å². The van der Waals surface area contributed by atoms with Gasteiger partial charge < -0.3 is 9.53 Å². The van der Waals surface area contributed by atoms with E-state index in [-0.39, 0.29) is 6.10 Å². The van der Waals surface area contributed by atoms with Crippen molar-refractivity contribution in [2.45, 2.75) is 33.0 Å². The first-order valence-electron chi connectivity index (χ1n) is 5.33. The summed E-state index contributed by atoms with van der Waals surface area (Å²) in [5.74, 6) is 0.482. The fourth-order valence-corrected chi connectivity index (χ4v) is 1.40. The molecule has 0 aliphatic heterocycles. The zero-order valence-electron chi connectivity index (χ0n) is 9.35. The second kappa shape index (κ2) is 6.36. The maximum atomic E-state index is 10.7. The van der Waals surface area contributed by atoms with Gasteiger partial charge in [-0.2, -0.15) is 0 Å². The van der Waals surface area contributed by atoms with Crippen molar-refractivity contribution in [3.8, 4) is 0 Å². The number of aldehydes is 1. The molecule has 0 bridgehead atoms. The Balaban J connectivity index is 2.38. The van der Waals surface area contributed by atoms with E-state index in [2.05, 4.69) is 13.8 Å². The highest BCUT2D eigenvalue weighted by Crippen LogP contribution is 2.09. The first-order chi connectivity index (χ1) is 7.22. The first kappa shape index (κ1) is 11.9. The molecule has 0 saturated heterocycles. The van der Waals surface area contributed by atoms with Crippen LogP contribution in [0.2, 0.25) is 0 Å². The van der Waals surface area contributed by atoms with E-state index < -0.39 is 0 Å². The Kier molecular flexibility index (Phi) is 5.05. The van der Waals surface area contributed by atoms with Crippen molar-refractivity contribution >= 4 is 6.29 Å². The molecule has 0 heterocycles. The van der Waals surface area contributed by atoms with E-state index in [9.17, 15) is 4.79 Å². The third kappa shape index (κ3) is 4.75. The third-order valence-electron chi connectivity index (χ3n) is 2.16. The van der Waals surface area contributed by atoms with E-state index in [1.165, 1.54) is 0 Å². The zero-order chi connectivity index (χ0) is 11.1. The van der Waals surface area contributed by atoms with Crippen molar-refractivity contribution in [1.82, 2.24) is 0 Å². The van der Waals surface area contributed by atoms with Gasteiger partial charge in [-0.1, -0.05) is 44.2 Å². The molecule has 0 fully saturated rings. The van der Waals surface area contributed by atoms with E-state index in [4.69, 9.17) is 4.74 Å². The van der Waals surface area contributed by atoms with Crippen molar-refractivity contribution in [3.05, 3.63) is 35.9 Å². The molecule has 82 valence electrons. The van der Waals surface area contributed by atoms with Gasteiger partial charge in [-0.3, -0.25) is 0 Å². The second-order valence-electron chi connectivity index (χ2n) is 4.10. The van der Waals surface area contributed by atoms with E-state index in [0.29, 0.717) is 12.5 Å². The largest absolute Gasteiger partial charge is 0.366 e. The molecule has 15 heavy (non-hydrogen) atoms. The Labute approximate surface area is 91.3 Å². The lowest BCUT2D eigenvalue weighted by Crippen LogP contribution is -2.16. The summed E-state index contributed by atoms with van der Waals surface area (Å²) in [6.07, 6.45) is 1.41. The van der Waals surface area contributed by atoms with E-state index >= 15 is 0 Å². The maximum Gasteiger partial charge on any atom is 0.148 e. The van der Waals surface area contributed by atoms with Crippen LogP contribution in [0.1, 0.15) is 25.8 Å². The minimum Gasteiger partial charge on any atom is -0.366 e. The minimum atomic E-state index is -0.273. The van der Waals surface area contributed by atoms with Crippen LogP contribution in [-0.4, -0.2) is 12.4 Å². The minimum absolute atomic E-state index is 0.273. The van der Waals surface area contributed by atoms with Crippen LogP contribution >= 0.6 is 0 Å². The third-order valence-corrected chi connectivity index (χ3v) is 2.16. The normalized spacial score (nSPS) is 12.7. The van der Waals surface area contributed by atoms with Crippen LogP contribution in [0.3, 0.4) is 0 Å². The zero-order valence-corrected chi connectivity index (χ0v) is 9.35. The molecule has 1 aromatic rings. The lowest BCUT2D eigenvalue weighted by molar-refractivity contribution is -0.119. The number of benzene rings is 1. The molecule has 0 aliphatic carbocycles. The summed E-state index contributed by atoms with van der Waals surface area (Å²) in [5.41, 5.74) is 1.10. The van der Waals surface area contributed by atoms with Gasteiger partial charge in [0.05, 0.1) is 6.61 Å².